The van der Waals surface area contributed by atoms with Crippen LogP contribution >= 0.6 is 0 Å². The number of aromatic nitrogens is 1. The van der Waals surface area contributed by atoms with E-state index in [9.17, 15) is 4.79 Å². The smallest absolute Gasteiger partial charge is 0.251 e. The van der Waals surface area contributed by atoms with Crippen LogP contribution in [0.15, 0.2) is 18.5 Å². The van der Waals surface area contributed by atoms with Crippen LogP contribution < -0.4 is 10.6 Å². The van der Waals surface area contributed by atoms with Gasteiger partial charge in [-0.3, -0.25) is 9.78 Å². The molecule has 1 amide bonds. The van der Waals surface area contributed by atoms with Crippen LogP contribution in [0.4, 0.5) is 11.4 Å². The normalized spacial score (nSPS) is 26.1. The SMILES string of the molecule is CC1CCC(C(=O)N2CCN(c3ccncc3N)CC2)O1. The van der Waals surface area contributed by atoms with Gasteiger partial charge in [-0.2, -0.15) is 0 Å². The Morgan fingerprint density at radius 1 is 1.33 bits per heavy atom. The second-order valence-electron chi connectivity index (χ2n) is 5.76. The Morgan fingerprint density at radius 3 is 2.71 bits per heavy atom. The molecule has 21 heavy (non-hydrogen) atoms. The number of carbonyl (C=O) groups excluding carboxylic acids is 1. The van der Waals surface area contributed by atoms with Gasteiger partial charge in [-0.25, -0.2) is 0 Å². The van der Waals surface area contributed by atoms with Crippen molar-refractivity contribution in [2.45, 2.75) is 32.0 Å². The van der Waals surface area contributed by atoms with Gasteiger partial charge in [-0.1, -0.05) is 0 Å². The minimum atomic E-state index is -0.238. The molecule has 3 rings (SSSR count). The van der Waals surface area contributed by atoms with E-state index in [1.807, 2.05) is 17.9 Å². The van der Waals surface area contributed by atoms with Crippen molar-refractivity contribution in [2.75, 3.05) is 36.8 Å². The first-order valence-electron chi connectivity index (χ1n) is 7.54. The number of anilines is 2. The minimum Gasteiger partial charge on any atom is -0.396 e. The molecule has 2 N–H and O–H groups in total. The lowest BCUT2D eigenvalue weighted by molar-refractivity contribution is -0.142. The second kappa shape index (κ2) is 5.89. The van der Waals surface area contributed by atoms with E-state index >= 15 is 0 Å². The molecule has 0 aliphatic carbocycles. The number of nitrogens with two attached hydrogens (primary N) is 1. The van der Waals surface area contributed by atoms with E-state index < -0.39 is 0 Å². The van der Waals surface area contributed by atoms with Gasteiger partial charge in [-0.05, 0) is 25.8 Å². The first kappa shape index (κ1) is 14.1. The molecule has 2 saturated heterocycles. The van der Waals surface area contributed by atoms with Gasteiger partial charge in [0.25, 0.3) is 5.91 Å². The Labute approximate surface area is 124 Å². The Hall–Kier alpha value is -1.82. The van der Waals surface area contributed by atoms with Crippen molar-refractivity contribution in [3.05, 3.63) is 18.5 Å². The van der Waals surface area contributed by atoms with Gasteiger partial charge in [-0.15, -0.1) is 0 Å². The molecule has 0 bridgehead atoms. The summed E-state index contributed by atoms with van der Waals surface area (Å²) < 4.78 is 5.67. The molecule has 6 heteroatoms. The zero-order valence-electron chi connectivity index (χ0n) is 12.4. The highest BCUT2D eigenvalue weighted by Crippen LogP contribution is 2.24. The van der Waals surface area contributed by atoms with E-state index in [0.29, 0.717) is 5.69 Å². The number of rotatable bonds is 2. The predicted molar refractivity (Wildman–Crippen MR) is 81.0 cm³/mol. The van der Waals surface area contributed by atoms with Crippen molar-refractivity contribution >= 4 is 17.3 Å². The lowest BCUT2D eigenvalue weighted by Crippen LogP contribution is -2.51. The molecule has 2 fully saturated rings. The number of nitrogen functional groups attached to an aromatic ring is 1. The number of hydrogen-bond donors (Lipinski definition) is 1. The number of carbonyl (C=O) groups is 1. The number of pyridine rings is 1. The highest BCUT2D eigenvalue weighted by molar-refractivity contribution is 5.81. The fourth-order valence-corrected chi connectivity index (χ4v) is 3.04. The average Bonchev–Trinajstić information content (AvgIpc) is 2.94. The number of amides is 1. The molecule has 2 aliphatic heterocycles. The van der Waals surface area contributed by atoms with E-state index in [0.717, 1.165) is 44.7 Å². The summed E-state index contributed by atoms with van der Waals surface area (Å²) in [5.41, 5.74) is 7.64. The lowest BCUT2D eigenvalue weighted by Gasteiger charge is -2.37. The molecule has 6 nitrogen and oxygen atoms in total. The van der Waals surface area contributed by atoms with Crippen molar-refractivity contribution in [3.8, 4) is 0 Å². The quantitative estimate of drug-likeness (QED) is 0.875. The fourth-order valence-electron chi connectivity index (χ4n) is 3.04. The third kappa shape index (κ3) is 2.95. The molecule has 2 aliphatic rings. The summed E-state index contributed by atoms with van der Waals surface area (Å²) in [5, 5.41) is 0. The zero-order chi connectivity index (χ0) is 14.8. The third-order valence-corrected chi connectivity index (χ3v) is 4.27. The van der Waals surface area contributed by atoms with Crippen molar-refractivity contribution in [1.29, 1.82) is 0 Å². The molecule has 0 saturated carbocycles. The molecule has 0 radical (unpaired) electrons. The van der Waals surface area contributed by atoms with Gasteiger partial charge in [0, 0.05) is 32.4 Å². The van der Waals surface area contributed by atoms with Crippen LogP contribution in [0.2, 0.25) is 0 Å². The number of nitrogens with zero attached hydrogens (tertiary/aromatic N) is 3. The van der Waals surface area contributed by atoms with Crippen molar-refractivity contribution in [2.24, 2.45) is 0 Å². The summed E-state index contributed by atoms with van der Waals surface area (Å²) in [6.45, 7) is 5.05. The zero-order valence-corrected chi connectivity index (χ0v) is 12.4. The molecular formula is C15H22N4O2. The van der Waals surface area contributed by atoms with Gasteiger partial charge in [0.1, 0.15) is 6.10 Å². The Balaban J connectivity index is 1.58. The summed E-state index contributed by atoms with van der Waals surface area (Å²) >= 11 is 0. The summed E-state index contributed by atoms with van der Waals surface area (Å²) in [6, 6.07) is 1.93. The van der Waals surface area contributed by atoms with Gasteiger partial charge < -0.3 is 20.3 Å². The predicted octanol–water partition coefficient (Wildman–Crippen LogP) is 0.880. The monoisotopic (exact) mass is 290 g/mol. The highest BCUT2D eigenvalue weighted by Gasteiger charge is 2.33. The van der Waals surface area contributed by atoms with Gasteiger partial charge in [0.15, 0.2) is 0 Å². The molecule has 1 aromatic heterocycles. The summed E-state index contributed by atoms with van der Waals surface area (Å²) in [6.07, 6.45) is 5.20. The maximum Gasteiger partial charge on any atom is 0.251 e. The largest absolute Gasteiger partial charge is 0.396 e. The van der Waals surface area contributed by atoms with Crippen molar-refractivity contribution < 1.29 is 9.53 Å². The number of ether oxygens (including phenoxy) is 1. The summed E-state index contributed by atoms with van der Waals surface area (Å²) in [4.78, 5) is 20.5. The van der Waals surface area contributed by atoms with Gasteiger partial charge in [0.05, 0.1) is 23.7 Å². The maximum absolute atomic E-state index is 12.4. The van der Waals surface area contributed by atoms with E-state index in [2.05, 4.69) is 9.88 Å². The maximum atomic E-state index is 12.4. The second-order valence-corrected chi connectivity index (χ2v) is 5.76. The van der Waals surface area contributed by atoms with Gasteiger partial charge in [0.2, 0.25) is 0 Å². The van der Waals surface area contributed by atoms with E-state index in [1.54, 1.807) is 12.4 Å². The third-order valence-electron chi connectivity index (χ3n) is 4.27. The molecule has 2 unspecified atom stereocenters. The van der Waals surface area contributed by atoms with Gasteiger partial charge >= 0.3 is 0 Å². The molecule has 2 atom stereocenters. The van der Waals surface area contributed by atoms with Crippen LogP contribution in [-0.4, -0.2) is 54.2 Å². The Morgan fingerprint density at radius 2 is 2.10 bits per heavy atom. The van der Waals surface area contributed by atoms with E-state index in [1.165, 1.54) is 0 Å². The average molecular weight is 290 g/mol. The van der Waals surface area contributed by atoms with Crippen LogP contribution in [-0.2, 0) is 9.53 Å². The Kier molecular flexibility index (Phi) is 3.96. The topological polar surface area (TPSA) is 71.7 Å². The number of hydrogen-bond acceptors (Lipinski definition) is 5. The van der Waals surface area contributed by atoms with Crippen LogP contribution in [0.3, 0.4) is 0 Å². The molecule has 114 valence electrons. The molecule has 1 aromatic rings. The molecule has 3 heterocycles. The van der Waals surface area contributed by atoms with Crippen LogP contribution in [0, 0.1) is 0 Å². The Bertz CT molecular complexity index is 514. The van der Waals surface area contributed by atoms with E-state index in [4.69, 9.17) is 10.5 Å². The summed E-state index contributed by atoms with van der Waals surface area (Å²) in [5.74, 6) is 0.140. The molecular weight excluding hydrogens is 268 g/mol. The first-order chi connectivity index (χ1) is 10.1. The van der Waals surface area contributed by atoms with Crippen molar-refractivity contribution in [3.63, 3.8) is 0 Å². The van der Waals surface area contributed by atoms with Crippen LogP contribution in [0.1, 0.15) is 19.8 Å². The fraction of sp³-hybridized carbons (Fsp3) is 0.600. The number of piperazine rings is 1. The summed E-state index contributed by atoms with van der Waals surface area (Å²) in [7, 11) is 0. The van der Waals surface area contributed by atoms with Crippen LogP contribution in [0.5, 0.6) is 0 Å². The lowest BCUT2D eigenvalue weighted by atomic mass is 10.1. The molecule has 0 spiro atoms. The molecule has 0 aromatic carbocycles. The van der Waals surface area contributed by atoms with E-state index in [-0.39, 0.29) is 18.1 Å². The highest BCUT2D eigenvalue weighted by atomic mass is 16.5. The standard InChI is InChI=1S/C15H22N4O2/c1-11-2-3-14(21-11)15(20)19-8-6-18(7-9-19)13-4-5-17-10-12(13)16/h4-5,10-11,14H,2-3,6-9,16H2,1H3. The minimum absolute atomic E-state index is 0.140. The van der Waals surface area contributed by atoms with Crippen LogP contribution in [0.25, 0.3) is 0 Å². The van der Waals surface area contributed by atoms with Crippen molar-refractivity contribution in [1.82, 2.24) is 9.88 Å². The first-order valence-corrected chi connectivity index (χ1v) is 7.54.